The molecule has 0 heterocycles. The number of phenolic OH excluding ortho intramolecular Hbond substituents is 1. The van der Waals surface area contributed by atoms with Crippen LogP contribution in [0.5, 0.6) is 11.5 Å². The molecule has 28 heavy (non-hydrogen) atoms. The van der Waals surface area contributed by atoms with Crippen LogP contribution in [0.15, 0.2) is 30.4 Å². The van der Waals surface area contributed by atoms with E-state index in [-0.39, 0.29) is 11.5 Å². The first-order valence-electron chi connectivity index (χ1n) is 11.2. The molecule has 0 saturated heterocycles. The predicted octanol–water partition coefficient (Wildman–Crippen LogP) is 7.16. The summed E-state index contributed by atoms with van der Waals surface area (Å²) < 4.78 is 5.11. The van der Waals surface area contributed by atoms with Gasteiger partial charge in [-0.25, -0.2) is 0 Å². The van der Waals surface area contributed by atoms with Gasteiger partial charge in [0.15, 0.2) is 17.3 Å². The van der Waals surface area contributed by atoms with Crippen LogP contribution in [0.1, 0.15) is 96.0 Å². The molecule has 3 nitrogen and oxygen atoms in total. The van der Waals surface area contributed by atoms with Gasteiger partial charge in [0.1, 0.15) is 0 Å². The Morgan fingerprint density at radius 2 is 1.57 bits per heavy atom. The average molecular weight is 389 g/mol. The molecule has 0 fully saturated rings. The number of hydrogen-bond acceptors (Lipinski definition) is 3. The van der Waals surface area contributed by atoms with Crippen LogP contribution >= 0.6 is 0 Å². The highest BCUT2D eigenvalue weighted by molar-refractivity contribution is 5.89. The molecule has 0 aliphatic rings. The van der Waals surface area contributed by atoms with E-state index < -0.39 is 0 Å². The van der Waals surface area contributed by atoms with Gasteiger partial charge in [-0.05, 0) is 43.0 Å². The molecule has 0 spiro atoms. The van der Waals surface area contributed by atoms with Gasteiger partial charge >= 0.3 is 0 Å². The van der Waals surface area contributed by atoms with E-state index in [0.717, 1.165) is 24.8 Å². The molecule has 158 valence electrons. The molecular weight excluding hydrogens is 348 g/mol. The van der Waals surface area contributed by atoms with Crippen molar-refractivity contribution >= 4 is 5.78 Å². The number of aryl methyl sites for hydroxylation is 1. The molecule has 0 saturated carbocycles. The Morgan fingerprint density at radius 1 is 0.964 bits per heavy atom. The van der Waals surface area contributed by atoms with Crippen molar-refractivity contribution < 1.29 is 14.6 Å². The van der Waals surface area contributed by atoms with Crippen LogP contribution in [0.25, 0.3) is 0 Å². The summed E-state index contributed by atoms with van der Waals surface area (Å²) in [6.07, 6.45) is 20.4. The van der Waals surface area contributed by atoms with Gasteiger partial charge in [0.25, 0.3) is 0 Å². The van der Waals surface area contributed by atoms with E-state index in [4.69, 9.17) is 4.74 Å². The van der Waals surface area contributed by atoms with Gasteiger partial charge < -0.3 is 9.84 Å². The maximum atomic E-state index is 11.9. The Labute approximate surface area is 172 Å². The quantitative estimate of drug-likeness (QED) is 0.227. The molecule has 0 bridgehead atoms. The molecule has 0 aromatic heterocycles. The van der Waals surface area contributed by atoms with E-state index in [1.54, 1.807) is 19.3 Å². The Bertz CT molecular complexity index is 563. The lowest BCUT2D eigenvalue weighted by atomic mass is 10.0. The summed E-state index contributed by atoms with van der Waals surface area (Å²) in [5.74, 6) is 0.886. The van der Waals surface area contributed by atoms with Crippen molar-refractivity contribution in [1.82, 2.24) is 0 Å². The zero-order valence-electron chi connectivity index (χ0n) is 18.0. The number of allylic oxidation sites excluding steroid dienone is 2. The van der Waals surface area contributed by atoms with Crippen LogP contribution in [0, 0.1) is 0 Å². The standard InChI is InChI=1S/C25H40O3/c1-3-4-5-6-7-8-9-10-11-12-13-17-23(26)18-15-14-16-22-19-20-24(27)25(21-22)28-2/h15,18-21,27H,3-14,16-17H2,1-2H3. The number of methoxy groups -OCH3 is 1. The monoisotopic (exact) mass is 388 g/mol. The molecule has 0 aliphatic carbocycles. The van der Waals surface area contributed by atoms with Crippen LogP contribution < -0.4 is 4.74 Å². The van der Waals surface area contributed by atoms with Crippen LogP contribution in [0.3, 0.4) is 0 Å². The third-order valence-corrected chi connectivity index (χ3v) is 5.17. The second kappa shape index (κ2) is 16.2. The van der Waals surface area contributed by atoms with E-state index in [2.05, 4.69) is 6.92 Å². The van der Waals surface area contributed by atoms with Crippen molar-refractivity contribution in [2.45, 2.75) is 96.8 Å². The molecule has 3 heteroatoms. The zero-order chi connectivity index (χ0) is 20.5. The van der Waals surface area contributed by atoms with Gasteiger partial charge in [0.2, 0.25) is 0 Å². The van der Waals surface area contributed by atoms with Crippen LogP contribution in [0.2, 0.25) is 0 Å². The number of aromatic hydroxyl groups is 1. The highest BCUT2D eigenvalue weighted by atomic mass is 16.5. The second-order valence-electron chi connectivity index (χ2n) is 7.70. The number of carbonyl (C=O) groups excluding carboxylic acids is 1. The minimum Gasteiger partial charge on any atom is -0.504 e. The zero-order valence-corrected chi connectivity index (χ0v) is 18.0. The number of phenols is 1. The maximum Gasteiger partial charge on any atom is 0.160 e. The maximum absolute atomic E-state index is 11.9. The summed E-state index contributed by atoms with van der Waals surface area (Å²) in [4.78, 5) is 11.9. The Hall–Kier alpha value is -1.77. The minimum atomic E-state index is 0.156. The number of carbonyl (C=O) groups is 1. The largest absolute Gasteiger partial charge is 0.504 e. The van der Waals surface area contributed by atoms with Gasteiger partial charge in [0, 0.05) is 6.42 Å². The van der Waals surface area contributed by atoms with E-state index >= 15 is 0 Å². The van der Waals surface area contributed by atoms with Gasteiger partial charge in [-0.2, -0.15) is 0 Å². The van der Waals surface area contributed by atoms with Crippen molar-refractivity contribution in [3.8, 4) is 11.5 Å². The van der Waals surface area contributed by atoms with Crippen molar-refractivity contribution in [2.75, 3.05) is 7.11 Å². The highest BCUT2D eigenvalue weighted by Crippen LogP contribution is 2.26. The number of ketones is 1. The first kappa shape index (κ1) is 24.3. The Balaban J connectivity index is 2.00. The summed E-state index contributed by atoms with van der Waals surface area (Å²) in [5.41, 5.74) is 1.09. The number of unbranched alkanes of at least 4 members (excludes halogenated alkanes) is 10. The molecular formula is C25H40O3. The molecule has 1 N–H and O–H groups in total. The molecule has 0 atom stereocenters. The minimum absolute atomic E-state index is 0.156. The molecule has 0 amide bonds. The summed E-state index contributed by atoms with van der Waals surface area (Å²) >= 11 is 0. The Kier molecular flexibility index (Phi) is 14.0. The normalized spacial score (nSPS) is 11.2. The fraction of sp³-hybridized carbons (Fsp3) is 0.640. The fourth-order valence-electron chi connectivity index (χ4n) is 3.39. The lowest BCUT2D eigenvalue weighted by Gasteiger charge is -2.05. The van der Waals surface area contributed by atoms with Gasteiger partial charge in [-0.3, -0.25) is 4.79 Å². The van der Waals surface area contributed by atoms with E-state index in [1.165, 1.54) is 64.2 Å². The van der Waals surface area contributed by atoms with Crippen LogP contribution in [0.4, 0.5) is 0 Å². The summed E-state index contributed by atoms with van der Waals surface area (Å²) in [6, 6.07) is 5.38. The van der Waals surface area contributed by atoms with Gasteiger partial charge in [-0.15, -0.1) is 0 Å². The molecule has 0 aliphatic heterocycles. The molecule has 0 radical (unpaired) electrons. The summed E-state index contributed by atoms with van der Waals surface area (Å²) in [7, 11) is 1.55. The van der Waals surface area contributed by atoms with Crippen molar-refractivity contribution in [3.05, 3.63) is 35.9 Å². The third-order valence-electron chi connectivity index (χ3n) is 5.17. The average Bonchev–Trinajstić information content (AvgIpc) is 2.70. The Morgan fingerprint density at radius 3 is 2.18 bits per heavy atom. The van der Waals surface area contributed by atoms with Gasteiger partial charge in [-0.1, -0.05) is 83.3 Å². The van der Waals surface area contributed by atoms with E-state index in [0.29, 0.717) is 12.2 Å². The smallest absolute Gasteiger partial charge is 0.160 e. The van der Waals surface area contributed by atoms with Crippen molar-refractivity contribution in [1.29, 1.82) is 0 Å². The number of ether oxygens (including phenoxy) is 1. The van der Waals surface area contributed by atoms with Crippen molar-refractivity contribution in [2.24, 2.45) is 0 Å². The number of rotatable bonds is 17. The molecule has 1 aromatic carbocycles. The fourth-order valence-corrected chi connectivity index (χ4v) is 3.39. The van der Waals surface area contributed by atoms with Crippen LogP contribution in [-0.2, 0) is 11.2 Å². The lowest BCUT2D eigenvalue weighted by Crippen LogP contribution is -1.93. The lowest BCUT2D eigenvalue weighted by molar-refractivity contribution is -0.114. The van der Waals surface area contributed by atoms with E-state index in [1.807, 2.05) is 18.2 Å². The SMILES string of the molecule is CCCCCCCCCCCCCC(=O)C=CCCc1ccc(O)c(OC)c1. The highest BCUT2D eigenvalue weighted by Gasteiger charge is 2.02. The first-order chi connectivity index (χ1) is 13.7. The van der Waals surface area contributed by atoms with Crippen molar-refractivity contribution in [3.63, 3.8) is 0 Å². The second-order valence-corrected chi connectivity index (χ2v) is 7.70. The van der Waals surface area contributed by atoms with Gasteiger partial charge in [0.05, 0.1) is 7.11 Å². The van der Waals surface area contributed by atoms with E-state index in [9.17, 15) is 9.90 Å². The number of hydrogen-bond donors (Lipinski definition) is 1. The number of benzene rings is 1. The molecule has 1 aromatic rings. The third kappa shape index (κ3) is 11.8. The summed E-state index contributed by atoms with van der Waals surface area (Å²) in [5, 5.41) is 9.60. The topological polar surface area (TPSA) is 46.5 Å². The predicted molar refractivity (Wildman–Crippen MR) is 118 cm³/mol. The molecule has 1 rings (SSSR count). The summed E-state index contributed by atoms with van der Waals surface area (Å²) in [6.45, 7) is 2.26. The molecule has 0 unspecified atom stereocenters. The first-order valence-corrected chi connectivity index (χ1v) is 11.2. The van der Waals surface area contributed by atoms with Crippen LogP contribution in [-0.4, -0.2) is 18.0 Å².